The molecule has 8 heteroatoms. The van der Waals surface area contributed by atoms with Gasteiger partial charge in [-0.2, -0.15) is 0 Å². The normalized spacial score (nSPS) is 11.6. The predicted molar refractivity (Wildman–Crippen MR) is 603 cm³/mol. The van der Waals surface area contributed by atoms with Crippen molar-refractivity contribution >= 4 is 0 Å². The first kappa shape index (κ1) is 127. The summed E-state index contributed by atoms with van der Waals surface area (Å²) in [6.07, 6.45) is 130. The fourth-order valence-electron chi connectivity index (χ4n) is 20.3. The number of ether oxygens (including phenoxy) is 8. The monoisotopic (exact) mass is 1910 g/mol. The molecule has 0 aliphatic carbocycles. The lowest BCUT2D eigenvalue weighted by molar-refractivity contribution is 0.231. The van der Waals surface area contributed by atoms with Gasteiger partial charge < -0.3 is 37.9 Å². The zero-order valence-electron chi connectivity index (χ0n) is 93.3. The Morgan fingerprint density at radius 3 is 0.394 bits per heavy atom. The molecule has 0 aromatic heterocycles. The van der Waals surface area contributed by atoms with Crippen molar-refractivity contribution in [3.8, 4) is 46.0 Å². The van der Waals surface area contributed by atoms with Crippen LogP contribution in [0.4, 0.5) is 0 Å². The van der Waals surface area contributed by atoms with Gasteiger partial charge in [0.15, 0.2) is 23.0 Å². The second-order valence-electron chi connectivity index (χ2n) is 43.3. The molecular formula is C129H236O8. The van der Waals surface area contributed by atoms with Crippen molar-refractivity contribution in [2.75, 3.05) is 39.6 Å². The summed E-state index contributed by atoms with van der Waals surface area (Å²) >= 11 is 0. The third-order valence-corrected chi connectivity index (χ3v) is 29.5. The van der Waals surface area contributed by atoms with E-state index in [1.165, 1.54) is 578 Å². The Kier molecular flexibility index (Phi) is 96.1. The lowest BCUT2D eigenvalue weighted by Crippen LogP contribution is -2.08. The Morgan fingerprint density at radius 2 is 0.255 bits per heavy atom. The summed E-state index contributed by atoms with van der Waals surface area (Å²) in [5, 5.41) is 0. The number of unbranched alkanes of at least 4 members (excludes halogenated alkanes) is 90. The highest BCUT2D eigenvalue weighted by molar-refractivity contribution is 5.55. The topological polar surface area (TPSA) is 73.8 Å². The lowest BCUT2D eigenvalue weighted by atomic mass is 10.0. The third kappa shape index (κ3) is 83.0. The van der Waals surface area contributed by atoms with E-state index >= 15 is 0 Å². The van der Waals surface area contributed by atoms with Gasteiger partial charge in [0.25, 0.3) is 0 Å². The van der Waals surface area contributed by atoms with E-state index in [2.05, 4.69) is 90.9 Å². The van der Waals surface area contributed by atoms with Crippen molar-refractivity contribution in [3.63, 3.8) is 0 Å². The minimum Gasteiger partial charge on any atom is -0.490 e. The van der Waals surface area contributed by atoms with Crippen LogP contribution in [0.15, 0.2) is 42.5 Å². The van der Waals surface area contributed by atoms with Gasteiger partial charge in [-0.05, 0) is 98.5 Å². The van der Waals surface area contributed by atoms with Crippen molar-refractivity contribution in [2.24, 2.45) is 0 Å². The summed E-state index contributed by atoms with van der Waals surface area (Å²) in [4.78, 5) is 0. The standard InChI is InChI=1S/C129H236O8/c1-8-14-20-26-32-38-44-50-56-62-68-74-80-86-92-98-104-130-124-112-120(113-125(131-105-99-93-87-81-75-69-63-57-51-45-39-33-27-21-15-9-2)128(124)134-108-102-96-90-84-78-72-66-60-54-48-42-36-30-24-18-12-5)117-136-122-110-119(7)111-123(116-122)137-118-121-114-126(132-106-100-94-88-82-76-70-64-58-52-46-40-34-28-22-16-10-3)129(135-109-103-97-91-85-79-73-67-61-55-49-43-37-31-25-19-13-6)127(115-121)133-107-101-95-89-83-77-71-65-59-53-47-41-35-29-23-17-11-4/h110-116H,8-109,117-118H2,1-7H3. The summed E-state index contributed by atoms with van der Waals surface area (Å²) in [6.45, 7) is 20.7. The van der Waals surface area contributed by atoms with Gasteiger partial charge in [-0.3, -0.25) is 0 Å². The summed E-state index contributed by atoms with van der Waals surface area (Å²) < 4.78 is 55.5. The number of hydrogen-bond donors (Lipinski definition) is 0. The fourth-order valence-corrected chi connectivity index (χ4v) is 20.3. The van der Waals surface area contributed by atoms with Gasteiger partial charge in [-0.1, -0.05) is 619 Å². The Labute approximate surface area is 855 Å². The van der Waals surface area contributed by atoms with Crippen LogP contribution in [0.2, 0.25) is 0 Å². The maximum absolute atomic E-state index is 6.95. The zero-order chi connectivity index (χ0) is 97.5. The van der Waals surface area contributed by atoms with Gasteiger partial charge in [0, 0.05) is 6.07 Å². The van der Waals surface area contributed by atoms with Gasteiger partial charge in [0.2, 0.25) is 11.5 Å². The van der Waals surface area contributed by atoms with Crippen LogP contribution in [0.5, 0.6) is 46.0 Å². The molecule has 3 aromatic rings. The third-order valence-electron chi connectivity index (χ3n) is 29.5. The second kappa shape index (κ2) is 103. The van der Waals surface area contributed by atoms with E-state index < -0.39 is 0 Å². The minimum atomic E-state index is 0.355. The second-order valence-corrected chi connectivity index (χ2v) is 43.3. The highest BCUT2D eigenvalue weighted by Crippen LogP contribution is 2.43. The Balaban J connectivity index is 1.88. The first-order valence-electron chi connectivity index (χ1n) is 62.4. The highest BCUT2D eigenvalue weighted by atomic mass is 16.6. The van der Waals surface area contributed by atoms with Gasteiger partial charge in [-0.15, -0.1) is 0 Å². The maximum Gasteiger partial charge on any atom is 0.203 e. The molecule has 0 amide bonds. The predicted octanol–water partition coefficient (Wildman–Crippen LogP) is 45.0. The van der Waals surface area contributed by atoms with Gasteiger partial charge in [0.05, 0.1) is 39.6 Å². The molecule has 137 heavy (non-hydrogen) atoms. The molecular weight excluding hydrogens is 1680 g/mol. The summed E-state index contributed by atoms with van der Waals surface area (Å²) in [6, 6.07) is 15.1. The Morgan fingerprint density at radius 1 is 0.131 bits per heavy atom. The molecule has 0 spiro atoms. The average Bonchev–Trinajstić information content (AvgIpc) is 0.823. The summed E-state index contributed by atoms with van der Waals surface area (Å²) in [5.41, 5.74) is 3.12. The molecule has 0 fully saturated rings. The molecule has 0 heterocycles. The lowest BCUT2D eigenvalue weighted by Gasteiger charge is -2.20. The summed E-state index contributed by atoms with van der Waals surface area (Å²) in [5.74, 6) is 6.25. The SMILES string of the molecule is CCCCCCCCCCCCCCCCCCOc1cc(COc2cc(C)cc(OCc3cc(OCCCCCCCCCCCCCCCCCC)c(OCCCCCCCCCCCCCCCCCC)c(OCCCCCCCCCCCCCCCCCC)c3)c2)cc(OCCCCCCCCCCCCCCCCCC)c1OCCCCCCCCCCCCCCCCCC. The zero-order valence-corrected chi connectivity index (χ0v) is 93.3. The Hall–Kier alpha value is -3.94. The quantitative estimate of drug-likeness (QED) is 0.0518. The fraction of sp³-hybridized carbons (Fsp3) is 0.860. The van der Waals surface area contributed by atoms with E-state index in [4.69, 9.17) is 37.9 Å². The smallest absolute Gasteiger partial charge is 0.203 e. The molecule has 0 bridgehead atoms. The van der Waals surface area contributed by atoms with Gasteiger partial charge in [0.1, 0.15) is 24.7 Å². The van der Waals surface area contributed by atoms with Crippen molar-refractivity contribution in [3.05, 3.63) is 59.2 Å². The largest absolute Gasteiger partial charge is 0.490 e. The molecule has 0 aliphatic rings. The number of hydrogen-bond acceptors (Lipinski definition) is 8. The van der Waals surface area contributed by atoms with E-state index in [9.17, 15) is 0 Å². The maximum atomic E-state index is 6.95. The highest BCUT2D eigenvalue weighted by Gasteiger charge is 2.21. The van der Waals surface area contributed by atoms with Crippen LogP contribution in [0.3, 0.4) is 0 Å². The van der Waals surface area contributed by atoms with Crippen LogP contribution in [0.1, 0.15) is 675 Å². The van der Waals surface area contributed by atoms with E-state index in [0.29, 0.717) is 52.9 Å². The van der Waals surface area contributed by atoms with E-state index in [-0.39, 0.29) is 0 Å². The first-order valence-corrected chi connectivity index (χ1v) is 62.4. The van der Waals surface area contributed by atoms with Gasteiger partial charge >= 0.3 is 0 Å². The van der Waals surface area contributed by atoms with E-state index in [1.807, 2.05) is 0 Å². The van der Waals surface area contributed by atoms with Crippen LogP contribution in [0, 0.1) is 6.92 Å². The van der Waals surface area contributed by atoms with E-state index in [1.54, 1.807) is 0 Å². The van der Waals surface area contributed by atoms with Gasteiger partial charge in [-0.25, -0.2) is 0 Å². The summed E-state index contributed by atoms with van der Waals surface area (Å²) in [7, 11) is 0. The van der Waals surface area contributed by atoms with Crippen LogP contribution >= 0.6 is 0 Å². The van der Waals surface area contributed by atoms with Crippen LogP contribution < -0.4 is 37.9 Å². The molecule has 0 aliphatic heterocycles. The van der Waals surface area contributed by atoms with Crippen molar-refractivity contribution in [2.45, 2.75) is 678 Å². The van der Waals surface area contributed by atoms with Crippen LogP contribution in [-0.4, -0.2) is 39.6 Å². The molecule has 0 atom stereocenters. The molecule has 0 unspecified atom stereocenters. The number of benzene rings is 3. The average molecular weight is 1920 g/mol. The molecule has 0 radical (unpaired) electrons. The molecule has 3 aromatic carbocycles. The first-order chi connectivity index (χ1) is 68.0. The number of aryl methyl sites for hydroxylation is 1. The molecule has 0 saturated carbocycles. The molecule has 800 valence electrons. The van der Waals surface area contributed by atoms with Crippen LogP contribution in [0.25, 0.3) is 0 Å². The molecule has 0 saturated heterocycles. The molecule has 8 nitrogen and oxygen atoms in total. The Bertz CT molecular complexity index is 2600. The van der Waals surface area contributed by atoms with Crippen molar-refractivity contribution in [1.82, 2.24) is 0 Å². The molecule has 3 rings (SSSR count). The molecule has 0 N–H and O–H groups in total. The van der Waals surface area contributed by atoms with Crippen LogP contribution in [-0.2, 0) is 13.2 Å². The minimum absolute atomic E-state index is 0.355. The number of rotatable bonds is 114. The van der Waals surface area contributed by atoms with E-state index in [0.717, 1.165) is 101 Å². The van der Waals surface area contributed by atoms with Crippen molar-refractivity contribution in [1.29, 1.82) is 0 Å². The van der Waals surface area contributed by atoms with Crippen molar-refractivity contribution < 1.29 is 37.9 Å².